The van der Waals surface area contributed by atoms with Crippen LogP contribution >= 0.6 is 0 Å². The molecule has 2 aromatic carbocycles. The molecule has 0 amide bonds. The van der Waals surface area contributed by atoms with Crippen LogP contribution in [0.2, 0.25) is 0 Å². The van der Waals surface area contributed by atoms with E-state index in [1.54, 1.807) is 30.3 Å². The predicted octanol–water partition coefficient (Wildman–Crippen LogP) is 3.14. The zero-order chi connectivity index (χ0) is 12.1. The summed E-state index contributed by atoms with van der Waals surface area (Å²) < 4.78 is 0. The Balaban J connectivity index is 2.15. The number of hydrogen-bond donors (Lipinski definition) is 2. The Morgan fingerprint density at radius 3 is 2.24 bits per heavy atom. The molecular weight excluding hydrogens is 212 g/mol. The minimum Gasteiger partial charge on any atom is -0.508 e. The molecule has 0 aliphatic rings. The van der Waals surface area contributed by atoms with E-state index in [9.17, 15) is 10.2 Å². The molecule has 0 aromatic heterocycles. The smallest absolute Gasteiger partial charge is 0.121 e. The summed E-state index contributed by atoms with van der Waals surface area (Å²) in [6.07, 6.45) is 2.69. The molecule has 0 aliphatic carbocycles. The van der Waals surface area contributed by atoms with Crippen LogP contribution in [0.25, 0.3) is 6.08 Å². The molecule has 17 heavy (non-hydrogen) atoms. The molecule has 2 N–H and O–H groups in total. The number of aromatic hydroxyl groups is 1. The third kappa shape index (κ3) is 2.95. The molecule has 0 bridgehead atoms. The van der Waals surface area contributed by atoms with Crippen molar-refractivity contribution in [3.05, 3.63) is 71.8 Å². The van der Waals surface area contributed by atoms with Gasteiger partial charge in [0.1, 0.15) is 11.9 Å². The van der Waals surface area contributed by atoms with Gasteiger partial charge in [0.2, 0.25) is 0 Å². The van der Waals surface area contributed by atoms with E-state index in [1.165, 1.54) is 0 Å². The van der Waals surface area contributed by atoms with E-state index in [0.29, 0.717) is 5.56 Å². The summed E-state index contributed by atoms with van der Waals surface area (Å²) in [4.78, 5) is 0. The van der Waals surface area contributed by atoms with Gasteiger partial charge in [0, 0.05) is 5.56 Å². The second-order valence-electron chi connectivity index (χ2n) is 3.77. The third-order valence-electron chi connectivity index (χ3n) is 2.53. The molecular formula is C15H14O2. The van der Waals surface area contributed by atoms with Crippen molar-refractivity contribution < 1.29 is 10.2 Å². The van der Waals surface area contributed by atoms with Crippen molar-refractivity contribution in [2.24, 2.45) is 0 Å². The second-order valence-corrected chi connectivity index (χ2v) is 3.77. The quantitative estimate of drug-likeness (QED) is 0.844. The summed E-state index contributed by atoms with van der Waals surface area (Å²) in [5.41, 5.74) is 1.53. The van der Waals surface area contributed by atoms with Crippen molar-refractivity contribution in [2.45, 2.75) is 6.10 Å². The SMILES string of the molecule is Oc1ccccc1C(O)/C=C/c1ccccc1. The Kier molecular flexibility index (Phi) is 3.58. The third-order valence-corrected chi connectivity index (χ3v) is 2.53. The van der Waals surface area contributed by atoms with Crippen molar-refractivity contribution in [1.29, 1.82) is 0 Å². The van der Waals surface area contributed by atoms with Crippen LogP contribution in [0.15, 0.2) is 60.7 Å². The molecule has 0 saturated heterocycles. The molecule has 2 heteroatoms. The van der Waals surface area contributed by atoms with Crippen molar-refractivity contribution in [2.75, 3.05) is 0 Å². The second kappa shape index (κ2) is 5.32. The van der Waals surface area contributed by atoms with E-state index in [2.05, 4.69) is 0 Å². The number of aliphatic hydroxyl groups is 1. The first kappa shape index (κ1) is 11.4. The molecule has 1 atom stereocenters. The summed E-state index contributed by atoms with van der Waals surface area (Å²) in [5, 5.41) is 19.5. The topological polar surface area (TPSA) is 40.5 Å². The number of hydrogen-bond acceptors (Lipinski definition) is 2. The Labute approximate surface area is 100 Å². The Bertz CT molecular complexity index is 503. The summed E-state index contributed by atoms with van der Waals surface area (Å²) >= 11 is 0. The van der Waals surface area contributed by atoms with Gasteiger partial charge < -0.3 is 10.2 Å². The van der Waals surface area contributed by atoms with Crippen molar-refractivity contribution in [1.82, 2.24) is 0 Å². The minimum absolute atomic E-state index is 0.109. The van der Waals surface area contributed by atoms with E-state index in [0.717, 1.165) is 5.56 Å². The van der Waals surface area contributed by atoms with Gasteiger partial charge in [-0.1, -0.05) is 60.7 Å². The first-order valence-electron chi connectivity index (χ1n) is 5.46. The maximum absolute atomic E-state index is 9.92. The fourth-order valence-corrected chi connectivity index (χ4v) is 1.61. The van der Waals surface area contributed by atoms with E-state index in [1.807, 2.05) is 36.4 Å². The molecule has 0 heterocycles. The number of phenolic OH excluding ortho intramolecular Hbond substituents is 1. The van der Waals surface area contributed by atoms with Gasteiger partial charge in [-0.25, -0.2) is 0 Å². The van der Waals surface area contributed by atoms with Gasteiger partial charge in [-0.3, -0.25) is 0 Å². The van der Waals surface area contributed by atoms with E-state index in [4.69, 9.17) is 0 Å². The molecule has 0 aliphatic heterocycles. The first-order valence-corrected chi connectivity index (χ1v) is 5.46. The largest absolute Gasteiger partial charge is 0.508 e. The summed E-state index contributed by atoms with van der Waals surface area (Å²) in [5.74, 6) is 0.109. The maximum Gasteiger partial charge on any atom is 0.121 e. The first-order chi connectivity index (χ1) is 8.27. The number of aliphatic hydroxyl groups excluding tert-OH is 1. The van der Waals surface area contributed by atoms with Crippen LogP contribution in [0, 0.1) is 0 Å². The molecule has 2 rings (SSSR count). The van der Waals surface area contributed by atoms with Gasteiger partial charge in [-0.15, -0.1) is 0 Å². The van der Waals surface area contributed by atoms with Crippen LogP contribution in [-0.4, -0.2) is 10.2 Å². The molecule has 0 radical (unpaired) electrons. The number of phenols is 1. The van der Waals surface area contributed by atoms with Crippen molar-refractivity contribution in [3.63, 3.8) is 0 Å². The standard InChI is InChI=1S/C15H14O2/c16-14-9-5-4-8-13(14)15(17)11-10-12-6-2-1-3-7-12/h1-11,15-17H/b11-10+. The molecule has 1 unspecified atom stereocenters. The molecule has 0 saturated carbocycles. The lowest BCUT2D eigenvalue weighted by atomic mass is 10.1. The molecule has 0 fully saturated rings. The number of para-hydroxylation sites is 1. The highest BCUT2D eigenvalue weighted by Gasteiger charge is 2.07. The zero-order valence-corrected chi connectivity index (χ0v) is 9.32. The van der Waals surface area contributed by atoms with E-state index < -0.39 is 6.10 Å². The van der Waals surface area contributed by atoms with Crippen molar-refractivity contribution in [3.8, 4) is 5.75 Å². The Hall–Kier alpha value is -2.06. The summed E-state index contributed by atoms with van der Waals surface area (Å²) in [7, 11) is 0. The molecule has 86 valence electrons. The number of benzene rings is 2. The fourth-order valence-electron chi connectivity index (χ4n) is 1.61. The molecule has 0 spiro atoms. The lowest BCUT2D eigenvalue weighted by Crippen LogP contribution is -1.92. The normalized spacial score (nSPS) is 12.8. The summed E-state index contributed by atoms with van der Waals surface area (Å²) in [6, 6.07) is 16.5. The highest BCUT2D eigenvalue weighted by Crippen LogP contribution is 2.24. The van der Waals surface area contributed by atoms with Gasteiger partial charge in [0.15, 0.2) is 0 Å². The highest BCUT2D eigenvalue weighted by atomic mass is 16.3. The summed E-state index contributed by atoms with van der Waals surface area (Å²) in [6.45, 7) is 0. The molecule has 2 nitrogen and oxygen atoms in total. The van der Waals surface area contributed by atoms with Crippen LogP contribution in [0.3, 0.4) is 0 Å². The average molecular weight is 226 g/mol. The van der Waals surface area contributed by atoms with Crippen LogP contribution < -0.4 is 0 Å². The van der Waals surface area contributed by atoms with Crippen LogP contribution in [0.5, 0.6) is 5.75 Å². The lowest BCUT2D eigenvalue weighted by molar-refractivity contribution is 0.224. The van der Waals surface area contributed by atoms with E-state index in [-0.39, 0.29) is 5.75 Å². The monoisotopic (exact) mass is 226 g/mol. The fraction of sp³-hybridized carbons (Fsp3) is 0.0667. The van der Waals surface area contributed by atoms with E-state index >= 15 is 0 Å². The van der Waals surface area contributed by atoms with Gasteiger partial charge >= 0.3 is 0 Å². The van der Waals surface area contributed by atoms with Crippen molar-refractivity contribution >= 4 is 6.08 Å². The van der Waals surface area contributed by atoms with Gasteiger partial charge in [0.05, 0.1) is 0 Å². The Morgan fingerprint density at radius 2 is 1.53 bits per heavy atom. The number of rotatable bonds is 3. The predicted molar refractivity (Wildman–Crippen MR) is 68.5 cm³/mol. The minimum atomic E-state index is -0.795. The Morgan fingerprint density at radius 1 is 0.882 bits per heavy atom. The highest BCUT2D eigenvalue weighted by molar-refractivity contribution is 5.50. The lowest BCUT2D eigenvalue weighted by Gasteiger charge is -2.07. The van der Waals surface area contributed by atoms with Gasteiger partial charge in [-0.05, 0) is 11.6 Å². The van der Waals surface area contributed by atoms with Gasteiger partial charge in [0.25, 0.3) is 0 Å². The maximum atomic E-state index is 9.92. The zero-order valence-electron chi connectivity index (χ0n) is 9.32. The van der Waals surface area contributed by atoms with Gasteiger partial charge in [-0.2, -0.15) is 0 Å². The van der Waals surface area contributed by atoms with Crippen LogP contribution in [0.1, 0.15) is 17.2 Å². The average Bonchev–Trinajstić information content (AvgIpc) is 2.38. The van der Waals surface area contributed by atoms with Crippen LogP contribution in [0.4, 0.5) is 0 Å². The molecule has 2 aromatic rings. The van der Waals surface area contributed by atoms with Crippen LogP contribution in [-0.2, 0) is 0 Å².